The summed E-state index contributed by atoms with van der Waals surface area (Å²) in [5.74, 6) is 1.03. The maximum atomic E-state index is 12.6. The Hall–Kier alpha value is -0.560. The van der Waals surface area contributed by atoms with Crippen molar-refractivity contribution >= 4 is 45.3 Å². The molecule has 21 heavy (non-hydrogen) atoms. The lowest BCUT2D eigenvalue weighted by molar-refractivity contribution is 0.633. The third kappa shape index (κ3) is 4.22. The summed E-state index contributed by atoms with van der Waals surface area (Å²) in [6.45, 7) is 4.89. The van der Waals surface area contributed by atoms with Gasteiger partial charge in [-0.3, -0.25) is 9.36 Å². The second kappa shape index (κ2) is 8.17. The van der Waals surface area contributed by atoms with Crippen LogP contribution in [-0.4, -0.2) is 15.3 Å². The van der Waals surface area contributed by atoms with Gasteiger partial charge in [0.2, 0.25) is 0 Å². The Bertz CT molecular complexity index is 669. The second-order valence-corrected chi connectivity index (χ2v) is 7.32. The van der Waals surface area contributed by atoms with Crippen LogP contribution in [0.1, 0.15) is 39.5 Å². The molecule has 2 aromatic rings. The minimum atomic E-state index is 0.0806. The van der Waals surface area contributed by atoms with Gasteiger partial charge in [-0.15, -0.1) is 0 Å². The molecule has 0 aliphatic rings. The lowest BCUT2D eigenvalue weighted by Gasteiger charge is -2.11. The van der Waals surface area contributed by atoms with Crippen LogP contribution in [0.15, 0.2) is 28.2 Å². The van der Waals surface area contributed by atoms with E-state index in [1.54, 1.807) is 16.3 Å². The van der Waals surface area contributed by atoms with Gasteiger partial charge < -0.3 is 0 Å². The van der Waals surface area contributed by atoms with Crippen molar-refractivity contribution in [1.82, 2.24) is 9.55 Å². The Morgan fingerprint density at radius 1 is 1.24 bits per heavy atom. The van der Waals surface area contributed by atoms with Crippen LogP contribution in [0, 0.1) is 3.57 Å². The number of hydrogen-bond acceptors (Lipinski definition) is 3. The van der Waals surface area contributed by atoms with Crippen LogP contribution in [0.25, 0.3) is 10.9 Å². The van der Waals surface area contributed by atoms with Gasteiger partial charge in [0.1, 0.15) is 0 Å². The number of thioether (sulfide) groups is 1. The summed E-state index contributed by atoms with van der Waals surface area (Å²) in [6.07, 6.45) is 4.97. The molecule has 3 nitrogen and oxygen atoms in total. The normalized spacial score (nSPS) is 11.2. The molecule has 0 amide bonds. The Balaban J connectivity index is 2.26. The van der Waals surface area contributed by atoms with E-state index in [2.05, 4.69) is 34.5 Å². The number of halogens is 1. The molecule has 0 N–H and O–H groups in total. The van der Waals surface area contributed by atoms with Crippen molar-refractivity contribution in [3.05, 3.63) is 32.1 Å². The van der Waals surface area contributed by atoms with E-state index in [1.165, 1.54) is 25.7 Å². The molecular formula is C16H21IN2OS. The predicted octanol–water partition coefficient (Wildman–Crippen LogP) is 4.69. The Morgan fingerprint density at radius 2 is 2.05 bits per heavy atom. The zero-order valence-corrected chi connectivity index (χ0v) is 15.5. The maximum Gasteiger partial charge on any atom is 0.262 e. The van der Waals surface area contributed by atoms with Gasteiger partial charge in [-0.1, -0.05) is 37.9 Å². The van der Waals surface area contributed by atoms with Crippen molar-refractivity contribution in [2.24, 2.45) is 0 Å². The minimum absolute atomic E-state index is 0.0806. The van der Waals surface area contributed by atoms with Crippen molar-refractivity contribution in [2.75, 3.05) is 5.75 Å². The highest BCUT2D eigenvalue weighted by molar-refractivity contribution is 14.1. The first-order valence-electron chi connectivity index (χ1n) is 7.50. The summed E-state index contributed by atoms with van der Waals surface area (Å²) in [7, 11) is 0. The number of aromatic nitrogens is 2. The van der Waals surface area contributed by atoms with Gasteiger partial charge in [0.05, 0.1) is 10.9 Å². The fourth-order valence-electron chi connectivity index (χ4n) is 2.25. The summed E-state index contributed by atoms with van der Waals surface area (Å²) in [5, 5.41) is 1.58. The first kappa shape index (κ1) is 16.8. The third-order valence-corrected chi connectivity index (χ3v) is 5.16. The molecule has 1 aromatic heterocycles. The molecule has 1 heterocycles. The zero-order chi connectivity index (χ0) is 15.2. The molecule has 0 spiro atoms. The van der Waals surface area contributed by atoms with Crippen molar-refractivity contribution in [3.63, 3.8) is 0 Å². The zero-order valence-electron chi connectivity index (χ0n) is 12.6. The molecule has 5 heteroatoms. The topological polar surface area (TPSA) is 34.9 Å². The van der Waals surface area contributed by atoms with E-state index < -0.39 is 0 Å². The lowest BCUT2D eigenvalue weighted by atomic mass is 10.2. The quantitative estimate of drug-likeness (QED) is 0.284. The van der Waals surface area contributed by atoms with E-state index in [-0.39, 0.29) is 5.56 Å². The number of nitrogens with zero attached hydrogens (tertiary/aromatic N) is 2. The smallest absolute Gasteiger partial charge is 0.262 e. The fourth-order valence-corrected chi connectivity index (χ4v) is 3.81. The highest BCUT2D eigenvalue weighted by atomic mass is 127. The maximum absolute atomic E-state index is 12.6. The average molecular weight is 416 g/mol. The van der Waals surface area contributed by atoms with Gasteiger partial charge in [-0.05, 0) is 54.1 Å². The number of hydrogen-bond donors (Lipinski definition) is 0. The molecule has 0 unspecified atom stereocenters. The van der Waals surface area contributed by atoms with Crippen LogP contribution in [0.3, 0.4) is 0 Å². The van der Waals surface area contributed by atoms with E-state index >= 15 is 0 Å². The van der Waals surface area contributed by atoms with Crippen LogP contribution in [0.4, 0.5) is 0 Å². The molecule has 1 aromatic carbocycles. The summed E-state index contributed by atoms with van der Waals surface area (Å²) >= 11 is 3.94. The lowest BCUT2D eigenvalue weighted by Crippen LogP contribution is -2.22. The monoisotopic (exact) mass is 416 g/mol. The largest absolute Gasteiger partial charge is 0.287 e. The third-order valence-electron chi connectivity index (χ3n) is 3.43. The van der Waals surface area contributed by atoms with Gasteiger partial charge in [0.15, 0.2) is 5.16 Å². The summed E-state index contributed by atoms with van der Waals surface area (Å²) in [4.78, 5) is 17.3. The molecule has 0 saturated carbocycles. The van der Waals surface area contributed by atoms with E-state index in [1.807, 2.05) is 25.1 Å². The highest BCUT2D eigenvalue weighted by Crippen LogP contribution is 2.20. The number of unbranched alkanes of at least 4 members (excludes halogenated alkanes) is 3. The van der Waals surface area contributed by atoms with Crippen LogP contribution in [-0.2, 0) is 6.54 Å². The van der Waals surface area contributed by atoms with E-state index in [9.17, 15) is 4.79 Å². The first-order valence-corrected chi connectivity index (χ1v) is 9.56. The van der Waals surface area contributed by atoms with Crippen LogP contribution < -0.4 is 5.56 Å². The van der Waals surface area contributed by atoms with Gasteiger partial charge in [0, 0.05) is 15.9 Å². The molecule has 114 valence electrons. The summed E-state index contributed by atoms with van der Waals surface area (Å²) in [6, 6.07) is 5.87. The molecule has 0 bridgehead atoms. The molecule has 0 atom stereocenters. The Morgan fingerprint density at radius 3 is 2.76 bits per heavy atom. The highest BCUT2D eigenvalue weighted by Gasteiger charge is 2.10. The second-order valence-electron chi connectivity index (χ2n) is 5.01. The van der Waals surface area contributed by atoms with Gasteiger partial charge in [-0.25, -0.2) is 4.98 Å². The van der Waals surface area contributed by atoms with Crippen molar-refractivity contribution in [3.8, 4) is 0 Å². The van der Waals surface area contributed by atoms with E-state index in [4.69, 9.17) is 0 Å². The summed E-state index contributed by atoms with van der Waals surface area (Å²) < 4.78 is 2.87. The summed E-state index contributed by atoms with van der Waals surface area (Å²) in [5.41, 5.74) is 0.887. The average Bonchev–Trinajstić information content (AvgIpc) is 2.48. The Labute approximate surface area is 143 Å². The standard InChI is InChI=1S/C16H21IN2OS/c1-3-5-6-7-10-21-16-18-14-9-8-12(17)11-13(14)15(20)19(16)4-2/h8-9,11H,3-7,10H2,1-2H3. The van der Waals surface area contributed by atoms with Gasteiger partial charge in [0.25, 0.3) is 5.56 Å². The van der Waals surface area contributed by atoms with Crippen molar-refractivity contribution in [1.29, 1.82) is 0 Å². The Kier molecular flexibility index (Phi) is 6.54. The molecular weight excluding hydrogens is 395 g/mol. The minimum Gasteiger partial charge on any atom is -0.287 e. The van der Waals surface area contributed by atoms with Crippen LogP contribution in [0.2, 0.25) is 0 Å². The molecule has 0 radical (unpaired) electrons. The van der Waals surface area contributed by atoms with Crippen LogP contribution >= 0.6 is 34.4 Å². The predicted molar refractivity (Wildman–Crippen MR) is 99.3 cm³/mol. The molecule has 0 aliphatic heterocycles. The first-order chi connectivity index (χ1) is 10.2. The molecule has 0 fully saturated rings. The SMILES string of the molecule is CCCCCCSc1nc2ccc(I)cc2c(=O)n1CC. The van der Waals surface area contributed by atoms with E-state index in [0.717, 1.165) is 25.4 Å². The van der Waals surface area contributed by atoms with Crippen molar-refractivity contribution < 1.29 is 0 Å². The fraction of sp³-hybridized carbons (Fsp3) is 0.500. The number of benzene rings is 1. The van der Waals surface area contributed by atoms with Gasteiger partial charge in [-0.2, -0.15) is 0 Å². The molecule has 0 aliphatic carbocycles. The van der Waals surface area contributed by atoms with Crippen molar-refractivity contribution in [2.45, 2.75) is 51.2 Å². The van der Waals surface area contributed by atoms with Crippen LogP contribution in [0.5, 0.6) is 0 Å². The molecule has 2 rings (SSSR count). The number of rotatable bonds is 7. The molecule has 0 saturated heterocycles. The van der Waals surface area contributed by atoms with Gasteiger partial charge >= 0.3 is 0 Å². The number of fused-ring (bicyclic) bond motifs is 1. The van der Waals surface area contributed by atoms with E-state index in [0.29, 0.717) is 6.54 Å².